The van der Waals surface area contributed by atoms with Crippen molar-refractivity contribution < 1.29 is 4.74 Å². The average Bonchev–Trinajstić information content (AvgIpc) is 2.36. The third-order valence-electron chi connectivity index (χ3n) is 1.99. The highest BCUT2D eigenvalue weighted by molar-refractivity contribution is 7.99. The lowest BCUT2D eigenvalue weighted by molar-refractivity contribution is 0.204. The minimum absolute atomic E-state index is 0.667. The molecule has 0 radical (unpaired) electrons. The molecule has 17 heavy (non-hydrogen) atoms. The van der Waals surface area contributed by atoms with Gasteiger partial charge in [0.1, 0.15) is 0 Å². The van der Waals surface area contributed by atoms with Crippen LogP contribution < -0.4 is 10.6 Å². The van der Waals surface area contributed by atoms with Crippen LogP contribution in [0.3, 0.4) is 0 Å². The average molecular weight is 270 g/mol. The lowest BCUT2D eigenvalue weighted by atomic mass is 10.4. The van der Waals surface area contributed by atoms with Gasteiger partial charge >= 0.3 is 0 Å². The third-order valence-corrected chi connectivity index (χ3v) is 3.29. The van der Waals surface area contributed by atoms with E-state index >= 15 is 0 Å². The van der Waals surface area contributed by atoms with Crippen molar-refractivity contribution in [1.29, 1.82) is 0 Å². The number of nitrogens with one attached hydrogen (secondary N) is 2. The predicted molar refractivity (Wildman–Crippen MR) is 77.6 cm³/mol. The Bertz CT molecular complexity index is 320. The second kappa shape index (κ2) is 9.27. The topological polar surface area (TPSA) is 33.3 Å². The first kappa shape index (κ1) is 14.3. The number of methoxy groups -OCH3 is 1. The standard InChI is InChI=1S/C12H18N2OS2/c1-15-9-7-13-12(16)14-8-10-17-11-5-3-2-4-6-11/h2-6H,7-10H2,1H3,(H2,13,14,16). The molecule has 1 aromatic rings. The highest BCUT2D eigenvalue weighted by Gasteiger charge is 1.95. The molecule has 0 heterocycles. The van der Waals surface area contributed by atoms with E-state index in [1.165, 1.54) is 4.90 Å². The van der Waals surface area contributed by atoms with Gasteiger partial charge in [0.05, 0.1) is 6.61 Å². The van der Waals surface area contributed by atoms with Crippen LogP contribution in [0.1, 0.15) is 0 Å². The largest absolute Gasteiger partial charge is 0.383 e. The smallest absolute Gasteiger partial charge is 0.166 e. The molecule has 0 aliphatic carbocycles. The molecule has 0 amide bonds. The first-order valence-corrected chi connectivity index (χ1v) is 6.91. The molecule has 0 aliphatic heterocycles. The molecular weight excluding hydrogens is 252 g/mol. The van der Waals surface area contributed by atoms with Crippen LogP contribution >= 0.6 is 24.0 Å². The predicted octanol–water partition coefficient (Wildman–Crippen LogP) is 1.89. The van der Waals surface area contributed by atoms with Crippen LogP contribution in [0.15, 0.2) is 35.2 Å². The van der Waals surface area contributed by atoms with Gasteiger partial charge in [-0.1, -0.05) is 18.2 Å². The van der Waals surface area contributed by atoms with E-state index in [-0.39, 0.29) is 0 Å². The highest BCUT2D eigenvalue weighted by atomic mass is 32.2. The van der Waals surface area contributed by atoms with Crippen molar-refractivity contribution in [3.05, 3.63) is 30.3 Å². The maximum atomic E-state index is 5.11. The fraction of sp³-hybridized carbons (Fsp3) is 0.417. The number of hydrogen-bond donors (Lipinski definition) is 2. The van der Waals surface area contributed by atoms with E-state index in [9.17, 15) is 0 Å². The van der Waals surface area contributed by atoms with Gasteiger partial charge in [-0.15, -0.1) is 11.8 Å². The van der Waals surface area contributed by atoms with Gasteiger partial charge in [-0.05, 0) is 24.4 Å². The molecule has 5 heteroatoms. The van der Waals surface area contributed by atoms with Gasteiger partial charge < -0.3 is 15.4 Å². The van der Waals surface area contributed by atoms with Gasteiger partial charge in [-0.2, -0.15) is 0 Å². The Kier molecular flexibility index (Phi) is 7.79. The van der Waals surface area contributed by atoms with E-state index < -0.39 is 0 Å². The summed E-state index contributed by atoms with van der Waals surface area (Å²) in [5, 5.41) is 6.91. The molecule has 94 valence electrons. The van der Waals surface area contributed by atoms with Crippen LogP contribution in [0, 0.1) is 0 Å². The van der Waals surface area contributed by atoms with Crippen molar-refractivity contribution >= 4 is 29.1 Å². The van der Waals surface area contributed by atoms with Crippen LogP contribution in [-0.2, 0) is 4.74 Å². The third kappa shape index (κ3) is 7.20. The minimum Gasteiger partial charge on any atom is -0.383 e. The lowest BCUT2D eigenvalue weighted by Gasteiger charge is -2.09. The molecule has 0 aliphatic rings. The fourth-order valence-corrected chi connectivity index (χ4v) is 2.17. The van der Waals surface area contributed by atoms with Crippen LogP contribution in [0.5, 0.6) is 0 Å². The number of thiocarbonyl (C=S) groups is 1. The van der Waals surface area contributed by atoms with Gasteiger partial charge in [-0.25, -0.2) is 0 Å². The molecule has 0 unspecified atom stereocenters. The number of benzene rings is 1. The Morgan fingerprint density at radius 3 is 2.65 bits per heavy atom. The first-order valence-electron chi connectivity index (χ1n) is 5.51. The normalized spacial score (nSPS) is 9.94. The van der Waals surface area contributed by atoms with Gasteiger partial charge in [0.2, 0.25) is 0 Å². The Labute approximate surface area is 112 Å². The molecule has 3 nitrogen and oxygen atoms in total. The summed E-state index contributed by atoms with van der Waals surface area (Å²) in [6.45, 7) is 2.27. The number of ether oxygens (including phenoxy) is 1. The number of hydrogen-bond acceptors (Lipinski definition) is 3. The molecule has 0 aromatic heterocycles. The lowest BCUT2D eigenvalue weighted by Crippen LogP contribution is -2.38. The van der Waals surface area contributed by atoms with Crippen molar-refractivity contribution in [3.8, 4) is 0 Å². The van der Waals surface area contributed by atoms with E-state index in [1.54, 1.807) is 7.11 Å². The summed E-state index contributed by atoms with van der Waals surface area (Å²) < 4.78 is 4.92. The molecule has 0 saturated carbocycles. The van der Waals surface area contributed by atoms with Gasteiger partial charge in [-0.3, -0.25) is 0 Å². The summed E-state index contributed by atoms with van der Waals surface area (Å²) in [6, 6.07) is 10.3. The Morgan fingerprint density at radius 2 is 1.94 bits per heavy atom. The Hall–Kier alpha value is -0.780. The van der Waals surface area contributed by atoms with Crippen LogP contribution in [0.2, 0.25) is 0 Å². The maximum Gasteiger partial charge on any atom is 0.166 e. The fourth-order valence-electron chi connectivity index (χ4n) is 1.18. The molecule has 0 fully saturated rings. The van der Waals surface area contributed by atoms with Gasteiger partial charge in [0, 0.05) is 30.8 Å². The van der Waals surface area contributed by atoms with Crippen LogP contribution in [0.25, 0.3) is 0 Å². The van der Waals surface area contributed by atoms with E-state index in [1.807, 2.05) is 30.0 Å². The zero-order chi connectivity index (χ0) is 12.3. The molecule has 2 N–H and O–H groups in total. The summed E-state index contributed by atoms with van der Waals surface area (Å²) in [5.74, 6) is 0.996. The van der Waals surface area contributed by atoms with Crippen LogP contribution in [0.4, 0.5) is 0 Å². The molecule has 1 aromatic carbocycles. The van der Waals surface area contributed by atoms with Crippen molar-refractivity contribution in [3.63, 3.8) is 0 Å². The van der Waals surface area contributed by atoms with Crippen LogP contribution in [-0.4, -0.2) is 37.7 Å². The van der Waals surface area contributed by atoms with E-state index in [0.29, 0.717) is 11.7 Å². The summed E-state index contributed by atoms with van der Waals surface area (Å²) >= 11 is 6.93. The second-order valence-electron chi connectivity index (χ2n) is 3.34. The van der Waals surface area contributed by atoms with Crippen molar-refractivity contribution in [2.75, 3.05) is 32.6 Å². The zero-order valence-corrected chi connectivity index (χ0v) is 11.6. The quantitative estimate of drug-likeness (QED) is 0.449. The monoisotopic (exact) mass is 270 g/mol. The summed E-state index contributed by atoms with van der Waals surface area (Å²) in [5.41, 5.74) is 0. The van der Waals surface area contributed by atoms with Crippen molar-refractivity contribution in [2.45, 2.75) is 4.90 Å². The molecule has 1 rings (SSSR count). The Morgan fingerprint density at radius 1 is 1.24 bits per heavy atom. The minimum atomic E-state index is 0.667. The van der Waals surface area contributed by atoms with Gasteiger partial charge in [0.25, 0.3) is 0 Å². The SMILES string of the molecule is COCCNC(=S)NCCSc1ccccc1. The van der Waals surface area contributed by atoms with Crippen molar-refractivity contribution in [2.24, 2.45) is 0 Å². The number of rotatable bonds is 7. The zero-order valence-electron chi connectivity index (χ0n) is 9.94. The first-order chi connectivity index (χ1) is 8.33. The molecule has 0 saturated heterocycles. The summed E-state index contributed by atoms with van der Waals surface area (Å²) in [6.07, 6.45) is 0. The Balaban J connectivity index is 2.02. The summed E-state index contributed by atoms with van der Waals surface area (Å²) in [7, 11) is 1.68. The van der Waals surface area contributed by atoms with E-state index in [4.69, 9.17) is 17.0 Å². The van der Waals surface area contributed by atoms with Crippen molar-refractivity contribution in [1.82, 2.24) is 10.6 Å². The second-order valence-corrected chi connectivity index (χ2v) is 4.91. The number of thioether (sulfide) groups is 1. The molecule has 0 spiro atoms. The van der Waals surface area contributed by atoms with Gasteiger partial charge in [0.15, 0.2) is 5.11 Å². The summed E-state index contributed by atoms with van der Waals surface area (Å²) in [4.78, 5) is 1.28. The highest BCUT2D eigenvalue weighted by Crippen LogP contribution is 2.15. The maximum absolute atomic E-state index is 5.11. The molecule has 0 bridgehead atoms. The van der Waals surface area contributed by atoms with E-state index in [2.05, 4.69) is 22.8 Å². The molecule has 0 atom stereocenters. The van der Waals surface area contributed by atoms with E-state index in [0.717, 1.165) is 18.8 Å². The molecular formula is C12H18N2OS2.